The molecule has 0 fully saturated rings. The highest BCUT2D eigenvalue weighted by Gasteiger charge is 2.17. The van der Waals surface area contributed by atoms with Crippen molar-refractivity contribution in [3.63, 3.8) is 0 Å². The molecule has 2 aromatic carbocycles. The Morgan fingerprint density at radius 3 is 1.35 bits per heavy atom. The van der Waals surface area contributed by atoms with Crippen molar-refractivity contribution in [2.24, 2.45) is 10.2 Å². The van der Waals surface area contributed by atoms with Crippen molar-refractivity contribution in [1.29, 1.82) is 0 Å². The van der Waals surface area contributed by atoms with Crippen LogP contribution in [0.15, 0.2) is 79.4 Å². The van der Waals surface area contributed by atoms with Crippen LogP contribution in [0.4, 0.5) is 0 Å². The van der Waals surface area contributed by atoms with E-state index in [1.165, 1.54) is 47.0 Å². The summed E-state index contributed by atoms with van der Waals surface area (Å²) >= 11 is 5.42. The fourth-order valence-electron chi connectivity index (χ4n) is 3.73. The van der Waals surface area contributed by atoms with Crippen molar-refractivity contribution in [2.45, 2.75) is 40.9 Å². The summed E-state index contributed by atoms with van der Waals surface area (Å²) < 4.78 is 23.8. The number of ether oxygens (including phenoxy) is 4. The van der Waals surface area contributed by atoms with Gasteiger partial charge in [0.15, 0.2) is 0 Å². The van der Waals surface area contributed by atoms with Crippen LogP contribution in [0.2, 0.25) is 0 Å². The summed E-state index contributed by atoms with van der Waals surface area (Å²) in [7, 11) is 3.23. The summed E-state index contributed by atoms with van der Waals surface area (Å²) in [4.78, 5) is 24.0. The fourth-order valence-corrected chi connectivity index (χ4v) is 7.05. The molecule has 18 heteroatoms. The quantitative estimate of drug-likeness (QED) is 0.0501. The van der Waals surface area contributed by atoms with Gasteiger partial charge >= 0.3 is 11.9 Å². The monoisotopic (exact) mass is 744 g/mol. The Balaban J connectivity index is 1.41. The molecule has 0 spiro atoms. The maximum Gasteiger partial charge on any atom is 0.316 e. The number of hydrogen-bond donors (Lipinski definition) is 0. The minimum Gasteiger partial charge on any atom is -0.497 e. The smallest absolute Gasteiger partial charge is 0.316 e. The topological polar surface area (TPSA) is 157 Å². The Kier molecular flexibility index (Phi) is 15.8. The van der Waals surface area contributed by atoms with Crippen LogP contribution in [0.1, 0.15) is 31.4 Å². The van der Waals surface area contributed by atoms with E-state index in [1.807, 2.05) is 48.5 Å². The second-order valence-electron chi connectivity index (χ2n) is 9.43. The van der Waals surface area contributed by atoms with Crippen LogP contribution in [0.5, 0.6) is 11.5 Å². The Labute approximate surface area is 301 Å². The van der Waals surface area contributed by atoms with Crippen molar-refractivity contribution in [3.8, 4) is 11.5 Å². The highest BCUT2D eigenvalue weighted by molar-refractivity contribution is 8.00. The number of carbonyl (C=O) groups is 2. The lowest BCUT2D eigenvalue weighted by Gasteiger charge is -2.06. The molecule has 49 heavy (non-hydrogen) atoms. The molecule has 2 aromatic heterocycles. The van der Waals surface area contributed by atoms with Gasteiger partial charge in [0.1, 0.15) is 11.5 Å². The maximum atomic E-state index is 12.0. The highest BCUT2D eigenvalue weighted by Crippen LogP contribution is 2.27. The van der Waals surface area contributed by atoms with E-state index < -0.39 is 0 Å². The van der Waals surface area contributed by atoms with Gasteiger partial charge in [-0.2, -0.15) is 19.6 Å². The van der Waals surface area contributed by atoms with Crippen LogP contribution >= 0.6 is 47.0 Å². The minimum atomic E-state index is -0.337. The third kappa shape index (κ3) is 12.1. The van der Waals surface area contributed by atoms with Gasteiger partial charge in [-0.15, -0.1) is 20.4 Å². The van der Waals surface area contributed by atoms with Crippen molar-refractivity contribution < 1.29 is 28.5 Å². The number of nitrogens with zero attached hydrogens (tertiary/aromatic N) is 8. The van der Waals surface area contributed by atoms with Gasteiger partial charge in [-0.25, -0.2) is 0 Å². The van der Waals surface area contributed by atoms with E-state index >= 15 is 0 Å². The molecule has 260 valence electrons. The van der Waals surface area contributed by atoms with Crippen LogP contribution in [0.3, 0.4) is 0 Å². The minimum absolute atomic E-state index is 0.0903. The van der Waals surface area contributed by atoms with Gasteiger partial charge in [0.25, 0.3) is 0 Å². The third-order valence-electron chi connectivity index (χ3n) is 6.04. The number of esters is 2. The normalized spacial score (nSPS) is 11.3. The molecule has 14 nitrogen and oxygen atoms in total. The molecule has 0 unspecified atom stereocenters. The Bertz CT molecular complexity index is 1570. The van der Waals surface area contributed by atoms with Gasteiger partial charge in [0, 0.05) is 11.5 Å². The van der Waals surface area contributed by atoms with E-state index in [0.717, 1.165) is 29.0 Å². The summed E-state index contributed by atoms with van der Waals surface area (Å²) in [5, 5.41) is 28.6. The number of benzene rings is 2. The molecule has 2 heterocycles. The molecule has 0 amide bonds. The van der Waals surface area contributed by atoms with Gasteiger partial charge in [0.05, 0.1) is 51.4 Å². The average Bonchev–Trinajstić information content (AvgIpc) is 3.70. The molecule has 4 rings (SSSR count). The second kappa shape index (κ2) is 20.5. The summed E-state index contributed by atoms with van der Waals surface area (Å²) in [6.45, 7) is 4.14. The summed E-state index contributed by atoms with van der Waals surface area (Å²) in [5.41, 5.74) is 1.73. The molecular weight excluding hydrogens is 709 g/mol. The lowest BCUT2D eigenvalue weighted by Crippen LogP contribution is -2.07. The van der Waals surface area contributed by atoms with E-state index in [1.54, 1.807) is 49.8 Å². The van der Waals surface area contributed by atoms with Crippen molar-refractivity contribution >= 4 is 71.4 Å². The number of rotatable bonds is 20. The van der Waals surface area contributed by atoms with Gasteiger partial charge < -0.3 is 18.9 Å². The molecule has 0 saturated carbocycles. The first kappa shape index (κ1) is 37.8. The van der Waals surface area contributed by atoms with Gasteiger partial charge in [0.2, 0.25) is 20.6 Å². The van der Waals surface area contributed by atoms with Crippen LogP contribution in [-0.2, 0) is 19.1 Å². The molecule has 4 aromatic rings. The van der Waals surface area contributed by atoms with E-state index in [2.05, 4.69) is 30.6 Å². The molecule has 0 aliphatic heterocycles. The molecule has 0 bridgehead atoms. The zero-order valence-corrected chi connectivity index (χ0v) is 30.6. The SMILES string of the molecule is CCOC(=O)CSc1nnc(SCCCSc2nnc(SCC(=O)OCC)n2/N=C/c2ccc(OC)cc2)n1/N=C/c1ccc(OC)cc1. The van der Waals surface area contributed by atoms with Crippen molar-refractivity contribution in [3.05, 3.63) is 59.7 Å². The predicted octanol–water partition coefficient (Wildman–Crippen LogP) is 5.24. The molecular formula is C31H36N8O6S4. The van der Waals surface area contributed by atoms with Crippen molar-refractivity contribution in [2.75, 3.05) is 50.4 Å². The number of thioether (sulfide) groups is 4. The molecule has 0 saturated heterocycles. The number of hydrogen-bond acceptors (Lipinski definition) is 16. The first-order valence-corrected chi connectivity index (χ1v) is 19.0. The molecule has 0 aliphatic carbocycles. The first-order valence-electron chi connectivity index (χ1n) is 15.0. The van der Waals surface area contributed by atoms with Crippen LogP contribution in [0.25, 0.3) is 0 Å². The van der Waals surface area contributed by atoms with E-state index in [0.29, 0.717) is 45.3 Å². The number of methoxy groups -OCH3 is 2. The lowest BCUT2D eigenvalue weighted by atomic mass is 10.2. The molecule has 0 aliphatic rings. The van der Waals surface area contributed by atoms with Gasteiger partial charge in [-0.3, -0.25) is 9.59 Å². The van der Waals surface area contributed by atoms with Crippen LogP contribution in [-0.4, -0.2) is 105 Å². The van der Waals surface area contributed by atoms with E-state index in [9.17, 15) is 9.59 Å². The lowest BCUT2D eigenvalue weighted by molar-refractivity contribution is -0.140. The van der Waals surface area contributed by atoms with E-state index in [4.69, 9.17) is 18.9 Å². The molecule has 0 N–H and O–H groups in total. The second-order valence-corrected chi connectivity index (χ2v) is 13.4. The maximum absolute atomic E-state index is 12.0. The Morgan fingerprint density at radius 1 is 0.633 bits per heavy atom. The summed E-state index contributed by atoms with van der Waals surface area (Å²) in [6, 6.07) is 15.0. The first-order chi connectivity index (χ1) is 23.9. The largest absolute Gasteiger partial charge is 0.497 e. The van der Waals surface area contributed by atoms with Crippen molar-refractivity contribution in [1.82, 2.24) is 29.7 Å². The predicted molar refractivity (Wildman–Crippen MR) is 193 cm³/mol. The van der Waals surface area contributed by atoms with E-state index in [-0.39, 0.29) is 23.4 Å². The third-order valence-corrected chi connectivity index (χ3v) is 9.84. The number of carbonyl (C=O) groups excluding carboxylic acids is 2. The van der Waals surface area contributed by atoms with Crippen LogP contribution < -0.4 is 9.47 Å². The molecule has 0 atom stereocenters. The molecule has 0 radical (unpaired) electrons. The zero-order valence-electron chi connectivity index (χ0n) is 27.4. The highest BCUT2D eigenvalue weighted by atomic mass is 32.2. The number of aromatic nitrogens is 6. The average molecular weight is 745 g/mol. The summed E-state index contributed by atoms with van der Waals surface area (Å²) in [5.74, 6) is 2.41. The standard InChI is InChI=1S/C31H36N8O6S4/c1-5-44-26(40)20-48-30-36-34-28(38(30)32-18-22-8-12-24(42-3)13-9-22)46-16-7-17-47-29-35-37-31(49-21-27(41)45-6-2)39(29)33-19-23-10-14-25(43-4)15-11-23/h8-15,18-19H,5-7,16-17,20-21H2,1-4H3/b32-18+,33-19+. The fraction of sp³-hybridized carbons (Fsp3) is 0.355. The zero-order chi connectivity index (χ0) is 34.8. The van der Waals surface area contributed by atoms with Gasteiger partial charge in [-0.1, -0.05) is 47.0 Å². The summed E-state index contributed by atoms with van der Waals surface area (Å²) in [6.07, 6.45) is 4.19. The Hall–Kier alpha value is -4.00. The Morgan fingerprint density at radius 2 is 1.00 bits per heavy atom. The van der Waals surface area contributed by atoms with Gasteiger partial charge in [-0.05, 0) is 79.9 Å². The van der Waals surface area contributed by atoms with Crippen LogP contribution in [0, 0.1) is 0 Å².